The molecule has 176 valence electrons. The Labute approximate surface area is 192 Å². The first kappa shape index (κ1) is 24.5. The Morgan fingerprint density at radius 1 is 1.18 bits per heavy atom. The molecule has 0 amide bonds. The summed E-state index contributed by atoms with van der Waals surface area (Å²) in [7, 11) is 3.47. The van der Waals surface area contributed by atoms with E-state index in [0.29, 0.717) is 11.1 Å². The maximum Gasteiger partial charge on any atom is 0.437 e. The number of carboxylic acid groups (broad SMARTS) is 1. The van der Waals surface area contributed by atoms with Gasteiger partial charge >= 0.3 is 17.9 Å². The van der Waals surface area contributed by atoms with Crippen LogP contribution < -0.4 is 5.76 Å². The topological polar surface area (TPSA) is 88.6 Å². The van der Waals surface area contributed by atoms with E-state index in [4.69, 9.17) is 16.0 Å². The first-order valence-electron chi connectivity index (χ1n) is 9.84. The summed E-state index contributed by atoms with van der Waals surface area (Å²) in [4.78, 5) is 26.0. The lowest BCUT2D eigenvalue weighted by molar-refractivity contribution is -0.139. The second kappa shape index (κ2) is 9.80. The molecule has 0 spiro atoms. The zero-order valence-electron chi connectivity index (χ0n) is 17.7. The summed E-state index contributed by atoms with van der Waals surface area (Å²) in [6.07, 6.45) is -4.36. The lowest BCUT2D eigenvalue weighted by Crippen LogP contribution is -2.28. The Hall–Kier alpha value is -3.11. The molecule has 2 atom stereocenters. The molecular formula is C22H21ClF3N3O4. The molecule has 33 heavy (non-hydrogen) atoms. The largest absolute Gasteiger partial charge is 0.481 e. The highest BCUT2D eigenvalue weighted by Crippen LogP contribution is 2.31. The van der Waals surface area contributed by atoms with Gasteiger partial charge in [-0.1, -0.05) is 24.3 Å². The number of nitrogens with zero attached hydrogens (tertiary/aromatic N) is 3. The van der Waals surface area contributed by atoms with E-state index >= 15 is 0 Å². The van der Waals surface area contributed by atoms with Crippen molar-refractivity contribution in [3.63, 3.8) is 0 Å². The summed E-state index contributed by atoms with van der Waals surface area (Å²) < 4.78 is 44.4. The van der Waals surface area contributed by atoms with Crippen molar-refractivity contribution in [2.75, 3.05) is 14.1 Å². The van der Waals surface area contributed by atoms with Gasteiger partial charge in [-0.2, -0.15) is 17.9 Å². The minimum absolute atomic E-state index is 0.0855. The summed E-state index contributed by atoms with van der Waals surface area (Å²) in [6, 6.07) is 10.8. The van der Waals surface area contributed by atoms with Crippen LogP contribution in [0.15, 0.2) is 57.7 Å². The molecule has 0 aliphatic heterocycles. The minimum atomic E-state index is -4.49. The number of rotatable bonds is 8. The number of alkyl halides is 4. The maximum atomic E-state index is 12.8. The van der Waals surface area contributed by atoms with Crippen molar-refractivity contribution in [1.29, 1.82) is 0 Å². The fourth-order valence-electron chi connectivity index (χ4n) is 3.27. The molecule has 0 radical (unpaired) electrons. The fourth-order valence-corrected chi connectivity index (χ4v) is 3.45. The summed E-state index contributed by atoms with van der Waals surface area (Å²) in [5, 5.41) is 13.9. The van der Waals surface area contributed by atoms with E-state index in [1.165, 1.54) is 0 Å². The van der Waals surface area contributed by atoms with Crippen LogP contribution in [0.2, 0.25) is 0 Å². The summed E-state index contributed by atoms with van der Waals surface area (Å²) in [5.74, 6) is -2.96. The molecule has 1 heterocycles. The molecule has 0 aliphatic carbocycles. The Bertz CT molecular complexity index is 1170. The predicted octanol–water partition coefficient (Wildman–Crippen LogP) is 4.26. The monoisotopic (exact) mass is 483 g/mol. The van der Waals surface area contributed by atoms with Gasteiger partial charge in [-0.25, -0.2) is 4.79 Å². The summed E-state index contributed by atoms with van der Waals surface area (Å²) >= 11 is 6.26. The quantitative estimate of drug-likeness (QED) is 0.380. The minimum Gasteiger partial charge on any atom is -0.481 e. The van der Waals surface area contributed by atoms with Crippen LogP contribution >= 0.6 is 11.6 Å². The van der Waals surface area contributed by atoms with Gasteiger partial charge in [0.05, 0.1) is 23.5 Å². The van der Waals surface area contributed by atoms with Crippen molar-refractivity contribution in [3.05, 3.63) is 75.8 Å². The SMILES string of the molecule is CN(C)C(Cl)CC(C(=O)O)c1ccccc1Cn1nc(-c2ccc(C(F)(F)F)cc2)oc1=O. The number of benzene rings is 2. The Balaban J connectivity index is 1.90. The van der Waals surface area contributed by atoms with Crippen LogP contribution in [0.3, 0.4) is 0 Å². The second-order valence-corrected chi connectivity index (χ2v) is 8.13. The third kappa shape index (κ3) is 5.82. The molecule has 2 unspecified atom stereocenters. The molecule has 7 nitrogen and oxygen atoms in total. The van der Waals surface area contributed by atoms with Crippen LogP contribution in [-0.2, 0) is 17.5 Å². The number of aromatic nitrogens is 2. The number of halogens is 4. The van der Waals surface area contributed by atoms with E-state index in [1.54, 1.807) is 43.3 Å². The number of hydrogen-bond donors (Lipinski definition) is 1. The van der Waals surface area contributed by atoms with E-state index in [2.05, 4.69) is 5.10 Å². The van der Waals surface area contributed by atoms with Gasteiger partial charge in [0.15, 0.2) is 0 Å². The highest BCUT2D eigenvalue weighted by Gasteiger charge is 2.30. The highest BCUT2D eigenvalue weighted by molar-refractivity contribution is 6.20. The van der Waals surface area contributed by atoms with Crippen molar-refractivity contribution < 1.29 is 27.5 Å². The van der Waals surface area contributed by atoms with Crippen LogP contribution in [0.25, 0.3) is 11.5 Å². The van der Waals surface area contributed by atoms with E-state index in [-0.39, 0.29) is 24.4 Å². The summed E-state index contributed by atoms with van der Waals surface area (Å²) in [5.41, 5.74) is -0.158. The van der Waals surface area contributed by atoms with E-state index < -0.39 is 34.9 Å². The lowest BCUT2D eigenvalue weighted by Gasteiger charge is -2.23. The van der Waals surface area contributed by atoms with Gasteiger partial charge in [-0.15, -0.1) is 16.7 Å². The molecule has 0 saturated carbocycles. The predicted molar refractivity (Wildman–Crippen MR) is 115 cm³/mol. The van der Waals surface area contributed by atoms with Crippen LogP contribution in [-0.4, -0.2) is 45.4 Å². The fraction of sp³-hybridized carbons (Fsp3) is 0.318. The van der Waals surface area contributed by atoms with Gasteiger partial charge in [0, 0.05) is 5.56 Å². The molecule has 0 aliphatic rings. The van der Waals surface area contributed by atoms with Crippen molar-refractivity contribution in [1.82, 2.24) is 14.7 Å². The van der Waals surface area contributed by atoms with Crippen LogP contribution in [0, 0.1) is 0 Å². The van der Waals surface area contributed by atoms with Gasteiger partial charge < -0.3 is 9.52 Å². The highest BCUT2D eigenvalue weighted by atomic mass is 35.5. The van der Waals surface area contributed by atoms with Crippen LogP contribution in [0.4, 0.5) is 13.2 Å². The van der Waals surface area contributed by atoms with E-state index in [9.17, 15) is 27.9 Å². The van der Waals surface area contributed by atoms with Gasteiger partial charge in [0.25, 0.3) is 0 Å². The average molecular weight is 484 g/mol. The van der Waals surface area contributed by atoms with Crippen molar-refractivity contribution >= 4 is 17.6 Å². The molecule has 3 aromatic rings. The Kier molecular flexibility index (Phi) is 7.28. The molecule has 1 N–H and O–H groups in total. The van der Waals surface area contributed by atoms with Crippen molar-refractivity contribution in [2.24, 2.45) is 0 Å². The third-order valence-corrected chi connectivity index (χ3v) is 5.67. The molecular weight excluding hydrogens is 463 g/mol. The lowest BCUT2D eigenvalue weighted by atomic mass is 9.91. The number of hydrogen-bond acceptors (Lipinski definition) is 5. The zero-order valence-corrected chi connectivity index (χ0v) is 18.5. The second-order valence-electron chi connectivity index (χ2n) is 7.63. The molecule has 1 aromatic heterocycles. The van der Waals surface area contributed by atoms with Crippen molar-refractivity contribution in [3.8, 4) is 11.5 Å². The van der Waals surface area contributed by atoms with E-state index in [0.717, 1.165) is 28.9 Å². The molecule has 11 heteroatoms. The number of carbonyl (C=O) groups is 1. The van der Waals surface area contributed by atoms with Gasteiger partial charge in [-0.3, -0.25) is 9.69 Å². The third-order valence-electron chi connectivity index (χ3n) is 5.10. The Morgan fingerprint density at radius 2 is 1.82 bits per heavy atom. The molecule has 0 saturated heterocycles. The molecule has 0 bridgehead atoms. The molecule has 3 rings (SSSR count). The normalized spacial score (nSPS) is 13.8. The molecule has 2 aromatic carbocycles. The Morgan fingerprint density at radius 3 is 2.39 bits per heavy atom. The zero-order chi connectivity index (χ0) is 24.3. The first-order chi connectivity index (χ1) is 15.5. The van der Waals surface area contributed by atoms with Gasteiger partial charge in [0.1, 0.15) is 0 Å². The van der Waals surface area contributed by atoms with E-state index in [1.807, 2.05) is 0 Å². The average Bonchev–Trinajstić information content (AvgIpc) is 3.12. The standard InChI is InChI=1S/C22H21ClF3N3O4/c1-28(2)18(23)11-17(20(30)31)16-6-4-3-5-14(16)12-29-21(32)33-19(27-29)13-7-9-15(10-8-13)22(24,25)26/h3-10,17-18H,11-12H2,1-2H3,(H,30,31). The maximum absolute atomic E-state index is 12.8. The number of aliphatic carboxylic acids is 1. The molecule has 0 fully saturated rings. The summed E-state index contributed by atoms with van der Waals surface area (Å²) in [6.45, 7) is -0.0855. The van der Waals surface area contributed by atoms with Gasteiger partial charge in [-0.05, 0) is 55.9 Å². The smallest absolute Gasteiger partial charge is 0.437 e. The first-order valence-corrected chi connectivity index (χ1v) is 10.3. The van der Waals surface area contributed by atoms with Gasteiger partial charge in [0.2, 0.25) is 5.89 Å². The van der Waals surface area contributed by atoms with Crippen LogP contribution in [0.1, 0.15) is 29.0 Å². The number of carboxylic acids is 1. The van der Waals surface area contributed by atoms with Crippen molar-refractivity contribution in [2.45, 2.75) is 30.6 Å². The van der Waals surface area contributed by atoms with Crippen LogP contribution in [0.5, 0.6) is 0 Å².